The lowest BCUT2D eigenvalue weighted by molar-refractivity contribution is -0.119. The van der Waals surface area contributed by atoms with Crippen LogP contribution in [-0.4, -0.2) is 47.4 Å². The van der Waals surface area contributed by atoms with E-state index in [-0.39, 0.29) is 17.9 Å². The van der Waals surface area contributed by atoms with Crippen LogP contribution in [0.25, 0.3) is 10.6 Å². The van der Waals surface area contributed by atoms with Crippen LogP contribution >= 0.6 is 22.7 Å². The molecular formula is C16H20N4O2S2. The molecule has 0 atom stereocenters. The minimum absolute atomic E-state index is 0.0557. The molecule has 8 heteroatoms. The maximum absolute atomic E-state index is 12.6. The van der Waals surface area contributed by atoms with Crippen molar-refractivity contribution in [2.75, 3.05) is 19.6 Å². The highest BCUT2D eigenvalue weighted by Gasteiger charge is 2.24. The van der Waals surface area contributed by atoms with Gasteiger partial charge in [0.2, 0.25) is 5.91 Å². The average Bonchev–Trinajstić information content (AvgIpc) is 3.18. The van der Waals surface area contributed by atoms with Gasteiger partial charge in [0.15, 0.2) is 0 Å². The maximum Gasteiger partial charge on any atom is 0.263 e. The number of thiophene rings is 1. The highest BCUT2D eigenvalue weighted by atomic mass is 32.1. The van der Waals surface area contributed by atoms with E-state index in [9.17, 15) is 9.59 Å². The molecule has 3 heterocycles. The van der Waals surface area contributed by atoms with Crippen molar-refractivity contribution < 1.29 is 9.59 Å². The Morgan fingerprint density at radius 2 is 2.17 bits per heavy atom. The first kappa shape index (κ1) is 17.1. The molecule has 6 nitrogen and oxygen atoms in total. The van der Waals surface area contributed by atoms with Crippen LogP contribution in [0.3, 0.4) is 0 Å². The predicted octanol–water partition coefficient (Wildman–Crippen LogP) is 1.86. The number of rotatable bonds is 5. The Morgan fingerprint density at radius 3 is 2.79 bits per heavy atom. The van der Waals surface area contributed by atoms with E-state index >= 15 is 0 Å². The first-order valence-corrected chi connectivity index (χ1v) is 9.60. The topological polar surface area (TPSA) is 88.3 Å². The molecule has 128 valence electrons. The van der Waals surface area contributed by atoms with Crippen LogP contribution in [0, 0.1) is 6.92 Å². The Balaban J connectivity index is 1.59. The van der Waals surface area contributed by atoms with E-state index in [1.54, 1.807) is 11.3 Å². The third-order valence-corrected chi connectivity index (χ3v) is 5.96. The normalized spacial score (nSPS) is 16.2. The van der Waals surface area contributed by atoms with Crippen molar-refractivity contribution in [3.05, 3.63) is 27.4 Å². The summed E-state index contributed by atoms with van der Waals surface area (Å²) in [5.41, 5.74) is 7.05. The number of aryl methyl sites for hydroxylation is 1. The number of thiazole rings is 1. The van der Waals surface area contributed by atoms with Crippen LogP contribution in [0.2, 0.25) is 0 Å². The molecule has 0 spiro atoms. The number of hydrogen-bond donors (Lipinski definition) is 2. The third-order valence-electron chi connectivity index (χ3n) is 4.07. The number of hydrogen-bond acceptors (Lipinski definition) is 6. The smallest absolute Gasteiger partial charge is 0.263 e. The largest absolute Gasteiger partial charge is 0.369 e. The molecule has 2 amide bonds. The molecule has 24 heavy (non-hydrogen) atoms. The Bertz CT molecular complexity index is 719. The van der Waals surface area contributed by atoms with Gasteiger partial charge in [-0.05, 0) is 31.2 Å². The van der Waals surface area contributed by atoms with Gasteiger partial charge in [0.05, 0.1) is 12.2 Å². The van der Waals surface area contributed by atoms with E-state index in [0.717, 1.165) is 42.2 Å². The number of amides is 2. The fraction of sp³-hybridized carbons (Fsp3) is 0.438. The van der Waals surface area contributed by atoms with Gasteiger partial charge in [-0.3, -0.25) is 14.5 Å². The Labute approximate surface area is 148 Å². The first-order valence-electron chi connectivity index (χ1n) is 7.84. The van der Waals surface area contributed by atoms with E-state index in [0.29, 0.717) is 11.4 Å². The molecule has 0 radical (unpaired) electrons. The standard InChI is InChI=1S/C16H20N4O2S2/c1-10-14(24-16(18-10)11-4-7-23-9-11)15(22)19-12-2-5-20(6-3-12)8-13(17)21/h4,7,9,12H,2-3,5-6,8H2,1H3,(H2,17,21)(H,19,22). The lowest BCUT2D eigenvalue weighted by Gasteiger charge is -2.31. The molecule has 2 aromatic rings. The zero-order valence-corrected chi connectivity index (χ0v) is 15.1. The van der Waals surface area contributed by atoms with Gasteiger partial charge in [-0.15, -0.1) is 11.3 Å². The minimum Gasteiger partial charge on any atom is -0.369 e. The van der Waals surface area contributed by atoms with Crippen molar-refractivity contribution in [2.45, 2.75) is 25.8 Å². The number of nitrogens with one attached hydrogen (secondary N) is 1. The van der Waals surface area contributed by atoms with Crippen molar-refractivity contribution in [3.63, 3.8) is 0 Å². The van der Waals surface area contributed by atoms with Crippen molar-refractivity contribution in [1.82, 2.24) is 15.2 Å². The summed E-state index contributed by atoms with van der Waals surface area (Å²) in [6.07, 6.45) is 1.66. The van der Waals surface area contributed by atoms with Crippen LogP contribution in [0.15, 0.2) is 16.8 Å². The maximum atomic E-state index is 12.6. The molecule has 1 fully saturated rings. The molecule has 1 aliphatic heterocycles. The van der Waals surface area contributed by atoms with Gasteiger partial charge < -0.3 is 11.1 Å². The molecule has 2 aromatic heterocycles. The first-order chi connectivity index (χ1) is 11.5. The van der Waals surface area contributed by atoms with Crippen molar-refractivity contribution in [2.24, 2.45) is 5.73 Å². The SMILES string of the molecule is Cc1nc(-c2ccsc2)sc1C(=O)NC1CCN(CC(N)=O)CC1. The van der Waals surface area contributed by atoms with E-state index in [1.165, 1.54) is 11.3 Å². The fourth-order valence-electron chi connectivity index (χ4n) is 2.82. The van der Waals surface area contributed by atoms with Gasteiger partial charge in [0.25, 0.3) is 5.91 Å². The third kappa shape index (κ3) is 4.00. The van der Waals surface area contributed by atoms with Crippen molar-refractivity contribution in [3.8, 4) is 10.6 Å². The Kier molecular flexibility index (Phi) is 5.27. The average molecular weight is 364 g/mol. The van der Waals surface area contributed by atoms with Gasteiger partial charge >= 0.3 is 0 Å². The number of aromatic nitrogens is 1. The van der Waals surface area contributed by atoms with Crippen LogP contribution < -0.4 is 11.1 Å². The zero-order chi connectivity index (χ0) is 17.1. The summed E-state index contributed by atoms with van der Waals surface area (Å²) >= 11 is 3.05. The lowest BCUT2D eigenvalue weighted by Crippen LogP contribution is -2.46. The van der Waals surface area contributed by atoms with Gasteiger partial charge in [0.1, 0.15) is 9.88 Å². The fourth-order valence-corrected chi connectivity index (χ4v) is 4.50. The summed E-state index contributed by atoms with van der Waals surface area (Å²) in [7, 11) is 0. The van der Waals surface area contributed by atoms with Crippen LogP contribution in [0.1, 0.15) is 28.2 Å². The summed E-state index contributed by atoms with van der Waals surface area (Å²) in [6.45, 7) is 3.71. The molecule has 3 N–H and O–H groups in total. The van der Waals surface area contributed by atoms with Crippen LogP contribution in [0.5, 0.6) is 0 Å². The summed E-state index contributed by atoms with van der Waals surface area (Å²) < 4.78 is 0. The van der Waals surface area contributed by atoms with Gasteiger partial charge in [0, 0.05) is 30.1 Å². The molecular weight excluding hydrogens is 344 g/mol. The highest BCUT2D eigenvalue weighted by molar-refractivity contribution is 7.17. The molecule has 0 unspecified atom stereocenters. The molecule has 0 saturated carbocycles. The summed E-state index contributed by atoms with van der Waals surface area (Å²) in [5.74, 6) is -0.362. The minimum atomic E-state index is -0.307. The van der Waals surface area contributed by atoms with Crippen molar-refractivity contribution >= 4 is 34.5 Å². The molecule has 1 saturated heterocycles. The second-order valence-corrected chi connectivity index (χ2v) is 7.71. The predicted molar refractivity (Wildman–Crippen MR) is 96.3 cm³/mol. The summed E-state index contributed by atoms with van der Waals surface area (Å²) in [5, 5.41) is 8.03. The van der Waals surface area contributed by atoms with Gasteiger partial charge in [-0.25, -0.2) is 4.98 Å². The zero-order valence-electron chi connectivity index (χ0n) is 13.4. The van der Waals surface area contributed by atoms with Crippen molar-refractivity contribution in [1.29, 1.82) is 0 Å². The van der Waals surface area contributed by atoms with E-state index in [1.807, 2.05) is 28.7 Å². The highest BCUT2D eigenvalue weighted by Crippen LogP contribution is 2.29. The monoisotopic (exact) mass is 364 g/mol. The second kappa shape index (κ2) is 7.42. The van der Waals surface area contributed by atoms with Gasteiger partial charge in [-0.2, -0.15) is 11.3 Å². The van der Waals surface area contributed by atoms with Gasteiger partial charge in [-0.1, -0.05) is 0 Å². The quantitative estimate of drug-likeness (QED) is 0.848. The molecule has 0 aliphatic carbocycles. The lowest BCUT2D eigenvalue weighted by atomic mass is 10.0. The number of carbonyl (C=O) groups excluding carboxylic acids is 2. The summed E-state index contributed by atoms with van der Waals surface area (Å²) in [6, 6.07) is 2.15. The van der Waals surface area contributed by atoms with E-state index in [2.05, 4.69) is 10.3 Å². The Hall–Kier alpha value is -1.77. The molecule has 3 rings (SSSR count). The van der Waals surface area contributed by atoms with E-state index in [4.69, 9.17) is 5.73 Å². The summed E-state index contributed by atoms with van der Waals surface area (Å²) in [4.78, 5) is 30.7. The second-order valence-electron chi connectivity index (χ2n) is 5.94. The number of piperidine rings is 1. The Morgan fingerprint density at radius 1 is 1.42 bits per heavy atom. The molecule has 0 bridgehead atoms. The number of nitrogens with two attached hydrogens (primary N) is 1. The number of carbonyl (C=O) groups is 2. The van der Waals surface area contributed by atoms with Crippen LogP contribution in [-0.2, 0) is 4.79 Å². The number of nitrogens with zero attached hydrogens (tertiary/aromatic N) is 2. The van der Waals surface area contributed by atoms with E-state index < -0.39 is 0 Å². The molecule has 0 aromatic carbocycles. The van der Waals surface area contributed by atoms with Crippen LogP contribution in [0.4, 0.5) is 0 Å². The number of primary amides is 1. The molecule has 1 aliphatic rings. The number of likely N-dealkylation sites (tertiary alicyclic amines) is 1.